The largest absolute Gasteiger partial charge is 0.466 e. The molecule has 0 saturated heterocycles. The lowest BCUT2D eigenvalue weighted by Gasteiger charge is -2.35. The second-order valence-electron chi connectivity index (χ2n) is 6.05. The zero-order valence-corrected chi connectivity index (χ0v) is 16.7. The highest BCUT2D eigenvalue weighted by Gasteiger charge is 2.62. The monoisotopic (exact) mass is 448 g/mol. The molecule has 2 aliphatic rings. The topological polar surface area (TPSA) is 117 Å². The number of benzene rings is 1. The van der Waals surface area contributed by atoms with Crippen LogP contribution in [0.4, 0.5) is 5.69 Å². The maximum atomic E-state index is 13.2. The summed E-state index contributed by atoms with van der Waals surface area (Å²) in [6, 6.07) is 5.00. The van der Waals surface area contributed by atoms with Gasteiger partial charge >= 0.3 is 17.9 Å². The van der Waals surface area contributed by atoms with Gasteiger partial charge in [0.25, 0.3) is 0 Å². The van der Waals surface area contributed by atoms with Crippen LogP contribution in [-0.2, 0) is 34.0 Å². The normalized spacial score (nSPS) is 20.5. The predicted molar refractivity (Wildman–Crippen MR) is 103 cm³/mol. The molecule has 0 radical (unpaired) electrons. The molecule has 1 aromatic rings. The number of ether oxygens (including phenoxy) is 3. The van der Waals surface area contributed by atoms with Gasteiger partial charge in [-0.2, -0.15) is 0 Å². The Morgan fingerprint density at radius 1 is 1.36 bits per heavy atom. The number of hydrogen-bond donors (Lipinski definition) is 2. The summed E-state index contributed by atoms with van der Waals surface area (Å²) < 4.78 is 16.0. The van der Waals surface area contributed by atoms with Crippen LogP contribution in [0.3, 0.4) is 0 Å². The van der Waals surface area contributed by atoms with Gasteiger partial charge < -0.3 is 25.3 Å². The Labute approximate surface area is 169 Å². The van der Waals surface area contributed by atoms with Gasteiger partial charge in [0.15, 0.2) is 5.41 Å². The first-order valence-electron chi connectivity index (χ1n) is 8.16. The van der Waals surface area contributed by atoms with Crippen LogP contribution in [0.2, 0.25) is 0 Å². The first-order chi connectivity index (χ1) is 13.3. The number of nitrogens with two attached hydrogens (primary N) is 1. The van der Waals surface area contributed by atoms with E-state index in [9.17, 15) is 14.4 Å². The van der Waals surface area contributed by atoms with Crippen LogP contribution >= 0.6 is 15.9 Å². The highest BCUT2D eigenvalue weighted by Crippen LogP contribution is 2.53. The van der Waals surface area contributed by atoms with Gasteiger partial charge in [-0.3, -0.25) is 0 Å². The third-order valence-electron chi connectivity index (χ3n) is 4.50. The van der Waals surface area contributed by atoms with E-state index in [1.807, 2.05) is 0 Å². The van der Waals surface area contributed by atoms with Crippen LogP contribution < -0.4 is 11.1 Å². The Hall–Kier alpha value is -3.07. The van der Waals surface area contributed by atoms with Crippen molar-refractivity contribution < 1.29 is 28.6 Å². The summed E-state index contributed by atoms with van der Waals surface area (Å²) in [6.45, 7) is 4.86. The minimum Gasteiger partial charge on any atom is -0.466 e. The van der Waals surface area contributed by atoms with E-state index in [1.54, 1.807) is 18.2 Å². The van der Waals surface area contributed by atoms with Crippen molar-refractivity contribution in [1.29, 1.82) is 0 Å². The molecule has 0 fully saturated rings. The average Bonchev–Trinajstić information content (AvgIpc) is 2.91. The summed E-state index contributed by atoms with van der Waals surface area (Å²) in [4.78, 5) is 38.7. The highest BCUT2D eigenvalue weighted by molar-refractivity contribution is 9.10. The fraction of sp³-hybridized carbons (Fsp3) is 0.211. The van der Waals surface area contributed by atoms with Gasteiger partial charge in [-0.15, -0.1) is 0 Å². The molecule has 1 atom stereocenters. The van der Waals surface area contributed by atoms with Crippen LogP contribution in [0, 0.1) is 0 Å². The predicted octanol–water partition coefficient (Wildman–Crippen LogP) is 2.02. The average molecular weight is 449 g/mol. The molecule has 3 N–H and O–H groups in total. The molecule has 2 aliphatic heterocycles. The van der Waals surface area contributed by atoms with Gasteiger partial charge in [0.05, 0.1) is 7.11 Å². The molecule has 0 aliphatic carbocycles. The Bertz CT molecular complexity index is 981. The van der Waals surface area contributed by atoms with Gasteiger partial charge in [-0.25, -0.2) is 14.4 Å². The van der Waals surface area contributed by atoms with E-state index in [-0.39, 0.29) is 29.3 Å². The summed E-state index contributed by atoms with van der Waals surface area (Å²) in [6.07, 6.45) is 1.39. The smallest absolute Gasteiger partial charge is 0.339 e. The van der Waals surface area contributed by atoms with Crippen LogP contribution in [0.15, 0.2) is 58.1 Å². The number of nitrogens with one attached hydrogen (secondary N) is 1. The third-order valence-corrected chi connectivity index (χ3v) is 5.00. The molecule has 0 saturated carbocycles. The Morgan fingerprint density at radius 3 is 2.71 bits per heavy atom. The molecule has 3 rings (SSSR count). The van der Waals surface area contributed by atoms with Gasteiger partial charge in [0.2, 0.25) is 0 Å². The maximum absolute atomic E-state index is 13.2. The van der Waals surface area contributed by atoms with Crippen LogP contribution in [0.5, 0.6) is 0 Å². The van der Waals surface area contributed by atoms with Crippen molar-refractivity contribution >= 4 is 39.5 Å². The molecule has 1 aromatic carbocycles. The Balaban J connectivity index is 2.39. The molecular formula is C19H17BrN2O6. The molecule has 9 heteroatoms. The molecule has 2 heterocycles. The summed E-state index contributed by atoms with van der Waals surface area (Å²) in [7, 11) is 1.15. The summed E-state index contributed by atoms with van der Waals surface area (Å²) in [5.74, 6) is -2.66. The molecule has 0 unspecified atom stereocenters. The van der Waals surface area contributed by atoms with E-state index < -0.39 is 23.3 Å². The third kappa shape index (κ3) is 2.70. The number of esters is 3. The van der Waals surface area contributed by atoms with Crippen molar-refractivity contribution in [2.75, 3.05) is 19.0 Å². The molecule has 8 nitrogen and oxygen atoms in total. The minimum atomic E-state index is -1.93. The van der Waals surface area contributed by atoms with Crippen molar-refractivity contribution in [1.82, 2.24) is 0 Å². The zero-order chi connectivity index (χ0) is 20.6. The van der Waals surface area contributed by atoms with Crippen LogP contribution in [0.25, 0.3) is 0 Å². The van der Waals surface area contributed by atoms with E-state index in [0.29, 0.717) is 15.7 Å². The van der Waals surface area contributed by atoms with Crippen molar-refractivity contribution in [2.45, 2.75) is 12.3 Å². The minimum absolute atomic E-state index is 0.0149. The Morgan fingerprint density at radius 2 is 2.07 bits per heavy atom. The zero-order valence-electron chi connectivity index (χ0n) is 15.1. The second kappa shape index (κ2) is 7.16. The first kappa shape index (κ1) is 19.7. The summed E-state index contributed by atoms with van der Waals surface area (Å²) in [5.41, 5.74) is 4.53. The number of methoxy groups -OCH3 is 1. The number of carbonyl (C=O) groups is 3. The van der Waals surface area contributed by atoms with Crippen LogP contribution in [-0.4, -0.2) is 31.6 Å². The molecule has 0 amide bonds. The molecule has 146 valence electrons. The van der Waals surface area contributed by atoms with Crippen LogP contribution in [0.1, 0.15) is 12.5 Å². The SMILES string of the molecule is C=CCOC(=O)C1=C(C)OC(=O)[C@]12C(C(=O)OC)=C(N)Nc1ccc(Br)cc12. The maximum Gasteiger partial charge on any atom is 0.339 e. The number of anilines is 1. The number of hydrogen-bond acceptors (Lipinski definition) is 8. The standard InChI is InChI=1S/C19H17BrN2O6/c1-4-7-27-17(24)13-9(2)28-18(25)19(13)11-8-10(20)5-6-12(11)22-15(21)14(19)16(23)26-3/h4-6,8,22H,1,7,21H2,2-3H3/t19-/m0/s1. The van der Waals surface area contributed by atoms with Crippen molar-refractivity contribution in [3.05, 3.63) is 63.6 Å². The Kier molecular flexibility index (Phi) is 5.03. The fourth-order valence-corrected chi connectivity index (χ4v) is 3.81. The molecular weight excluding hydrogens is 432 g/mol. The number of allylic oxidation sites excluding steroid dienone is 1. The summed E-state index contributed by atoms with van der Waals surface area (Å²) >= 11 is 3.36. The van der Waals surface area contributed by atoms with E-state index in [2.05, 4.69) is 27.8 Å². The number of cyclic esters (lactones) is 1. The van der Waals surface area contributed by atoms with Crippen molar-refractivity contribution in [3.8, 4) is 0 Å². The van der Waals surface area contributed by atoms with Gasteiger partial charge in [0.1, 0.15) is 29.3 Å². The fourth-order valence-electron chi connectivity index (χ4n) is 3.45. The lowest BCUT2D eigenvalue weighted by atomic mass is 9.67. The first-order valence-corrected chi connectivity index (χ1v) is 8.95. The van der Waals surface area contributed by atoms with Gasteiger partial charge in [-0.1, -0.05) is 28.6 Å². The van der Waals surface area contributed by atoms with E-state index >= 15 is 0 Å². The highest BCUT2D eigenvalue weighted by atomic mass is 79.9. The lowest BCUT2D eigenvalue weighted by molar-refractivity contribution is -0.146. The number of carbonyl (C=O) groups excluding carboxylic acids is 3. The molecule has 28 heavy (non-hydrogen) atoms. The lowest BCUT2D eigenvalue weighted by Crippen LogP contribution is -2.47. The van der Waals surface area contributed by atoms with Crippen molar-refractivity contribution in [2.24, 2.45) is 5.73 Å². The molecule has 1 spiro atoms. The van der Waals surface area contributed by atoms with E-state index in [1.165, 1.54) is 13.0 Å². The number of fused-ring (bicyclic) bond motifs is 2. The van der Waals surface area contributed by atoms with Gasteiger partial charge in [0, 0.05) is 15.7 Å². The number of halogens is 1. The molecule has 0 aromatic heterocycles. The molecule has 0 bridgehead atoms. The quantitative estimate of drug-likeness (QED) is 0.408. The van der Waals surface area contributed by atoms with E-state index in [4.69, 9.17) is 19.9 Å². The van der Waals surface area contributed by atoms with E-state index in [0.717, 1.165) is 7.11 Å². The second-order valence-corrected chi connectivity index (χ2v) is 6.97. The van der Waals surface area contributed by atoms with Gasteiger partial charge in [-0.05, 0) is 25.1 Å². The van der Waals surface area contributed by atoms with Crippen molar-refractivity contribution in [3.63, 3.8) is 0 Å². The number of rotatable bonds is 4. The summed E-state index contributed by atoms with van der Waals surface area (Å²) in [5, 5.41) is 2.88.